The van der Waals surface area contributed by atoms with Crippen LogP contribution in [0.4, 0.5) is 10.5 Å². The van der Waals surface area contributed by atoms with Gasteiger partial charge < -0.3 is 15.3 Å². The van der Waals surface area contributed by atoms with Crippen LogP contribution in [0.1, 0.15) is 12.8 Å². The molecule has 1 aromatic carbocycles. The summed E-state index contributed by atoms with van der Waals surface area (Å²) in [5.41, 5.74) is 0.626. The molecule has 0 unspecified atom stereocenters. The van der Waals surface area contributed by atoms with Crippen LogP contribution >= 0.6 is 47.8 Å². The highest BCUT2D eigenvalue weighted by atomic mass is 79.9. The van der Waals surface area contributed by atoms with Gasteiger partial charge in [-0.05, 0) is 56.8 Å². The molecule has 8 heteroatoms. The number of likely N-dealkylation sites (tertiary alicyclic amines) is 1. The van der Waals surface area contributed by atoms with Crippen LogP contribution in [-0.4, -0.2) is 35.1 Å². The van der Waals surface area contributed by atoms with Gasteiger partial charge in [0, 0.05) is 26.5 Å². The molecule has 114 valence electrons. The number of aliphatic carboxylic acids is 1. The number of anilines is 1. The third kappa shape index (κ3) is 4.20. The molecule has 0 aromatic heterocycles. The Balaban J connectivity index is 2.10. The van der Waals surface area contributed by atoms with E-state index >= 15 is 0 Å². The fraction of sp³-hybridized carbons (Fsp3) is 0.385. The van der Waals surface area contributed by atoms with E-state index in [1.54, 1.807) is 4.90 Å². The van der Waals surface area contributed by atoms with E-state index in [4.69, 9.17) is 5.11 Å². The summed E-state index contributed by atoms with van der Waals surface area (Å²) in [6, 6.07) is 3.37. The quantitative estimate of drug-likeness (QED) is 0.657. The smallest absolute Gasteiger partial charge is 0.321 e. The number of hydrogen-bond acceptors (Lipinski definition) is 2. The molecule has 1 aliphatic rings. The van der Waals surface area contributed by atoms with Gasteiger partial charge in [0.25, 0.3) is 0 Å². The molecule has 0 radical (unpaired) electrons. The van der Waals surface area contributed by atoms with Gasteiger partial charge in [-0.3, -0.25) is 4.79 Å². The lowest BCUT2D eigenvalue weighted by Crippen LogP contribution is -2.44. The first kappa shape index (κ1) is 16.8. The molecule has 1 heterocycles. The Morgan fingerprint density at radius 3 is 2.43 bits per heavy atom. The molecule has 2 N–H and O–H groups in total. The van der Waals surface area contributed by atoms with Crippen molar-refractivity contribution in [1.29, 1.82) is 0 Å². The molecule has 1 aromatic rings. The van der Waals surface area contributed by atoms with Crippen LogP contribution in [-0.2, 0) is 4.79 Å². The number of nitrogens with one attached hydrogen (secondary N) is 1. The fourth-order valence-corrected chi connectivity index (χ4v) is 4.67. The summed E-state index contributed by atoms with van der Waals surface area (Å²) in [6.45, 7) is 0.814. The van der Waals surface area contributed by atoms with Crippen LogP contribution in [0.5, 0.6) is 0 Å². The second-order valence-corrected chi connectivity index (χ2v) is 7.42. The predicted molar refractivity (Wildman–Crippen MR) is 90.5 cm³/mol. The van der Waals surface area contributed by atoms with Gasteiger partial charge >= 0.3 is 12.0 Å². The highest BCUT2D eigenvalue weighted by molar-refractivity contribution is 9.11. The van der Waals surface area contributed by atoms with E-state index < -0.39 is 11.9 Å². The van der Waals surface area contributed by atoms with Crippen molar-refractivity contribution in [2.75, 3.05) is 18.4 Å². The second-order valence-electron chi connectivity index (χ2n) is 4.80. The van der Waals surface area contributed by atoms with E-state index in [1.165, 1.54) is 0 Å². The van der Waals surface area contributed by atoms with Crippen LogP contribution in [0, 0.1) is 5.92 Å². The molecule has 0 saturated carbocycles. The number of carbonyl (C=O) groups excluding carboxylic acids is 1. The molecule has 21 heavy (non-hydrogen) atoms. The largest absolute Gasteiger partial charge is 0.481 e. The zero-order valence-corrected chi connectivity index (χ0v) is 15.7. The molecule has 2 rings (SSSR count). The van der Waals surface area contributed by atoms with E-state index in [1.807, 2.05) is 12.1 Å². The first-order valence-corrected chi connectivity index (χ1v) is 8.69. The van der Waals surface area contributed by atoms with Crippen LogP contribution in [0.15, 0.2) is 25.6 Å². The molecule has 1 atom stereocenters. The van der Waals surface area contributed by atoms with Crippen molar-refractivity contribution in [3.8, 4) is 0 Å². The molecule has 0 spiro atoms. The molecule has 5 nitrogen and oxygen atoms in total. The molecule has 1 aliphatic heterocycles. The Labute approximate surface area is 147 Å². The van der Waals surface area contributed by atoms with E-state index in [0.29, 0.717) is 25.1 Å². The minimum atomic E-state index is -0.849. The van der Waals surface area contributed by atoms with Crippen molar-refractivity contribution in [2.45, 2.75) is 12.8 Å². The lowest BCUT2D eigenvalue weighted by atomic mass is 9.99. The summed E-state index contributed by atoms with van der Waals surface area (Å²) >= 11 is 10.2. The van der Waals surface area contributed by atoms with Crippen molar-refractivity contribution in [3.63, 3.8) is 0 Å². The first-order chi connectivity index (χ1) is 9.88. The average Bonchev–Trinajstić information content (AvgIpc) is 2.42. The van der Waals surface area contributed by atoms with Crippen molar-refractivity contribution in [1.82, 2.24) is 4.90 Å². The molecule has 2 amide bonds. The third-order valence-corrected chi connectivity index (χ3v) is 5.01. The number of piperidine rings is 1. The number of benzene rings is 1. The highest BCUT2D eigenvalue weighted by Crippen LogP contribution is 2.34. The number of hydrogen-bond donors (Lipinski definition) is 2. The van der Waals surface area contributed by atoms with Crippen molar-refractivity contribution < 1.29 is 14.7 Å². The zero-order chi connectivity index (χ0) is 15.6. The van der Waals surface area contributed by atoms with Crippen molar-refractivity contribution >= 4 is 65.5 Å². The van der Waals surface area contributed by atoms with Gasteiger partial charge in [0.15, 0.2) is 0 Å². The van der Waals surface area contributed by atoms with Gasteiger partial charge in [0.05, 0.1) is 11.6 Å². The third-order valence-electron chi connectivity index (χ3n) is 3.30. The number of urea groups is 1. The lowest BCUT2D eigenvalue weighted by Gasteiger charge is -2.31. The summed E-state index contributed by atoms with van der Waals surface area (Å²) in [6.07, 6.45) is 1.32. The lowest BCUT2D eigenvalue weighted by molar-refractivity contribution is -0.143. The Hall–Kier alpha value is -0.600. The summed E-state index contributed by atoms with van der Waals surface area (Å²) in [4.78, 5) is 24.9. The topological polar surface area (TPSA) is 69.6 Å². The Morgan fingerprint density at radius 1 is 1.24 bits per heavy atom. The number of rotatable bonds is 2. The minimum Gasteiger partial charge on any atom is -0.481 e. The molecule has 0 aliphatic carbocycles. The maximum absolute atomic E-state index is 12.3. The monoisotopic (exact) mass is 482 g/mol. The standard InChI is InChI=1S/C13H13Br3N2O3/c14-8-4-9(15)11(10(16)5-8)17-13(21)18-3-1-2-7(6-18)12(19)20/h4-5,7H,1-3,6H2,(H,17,21)(H,19,20)/t7-/m0/s1. The van der Waals surface area contributed by atoms with Crippen LogP contribution in [0.2, 0.25) is 0 Å². The SMILES string of the molecule is O=C(O)[C@H]1CCCN(C(=O)Nc2c(Br)cc(Br)cc2Br)C1. The molecule has 0 bridgehead atoms. The number of carbonyl (C=O) groups is 2. The fourth-order valence-electron chi connectivity index (χ4n) is 2.21. The van der Waals surface area contributed by atoms with E-state index in [-0.39, 0.29) is 12.6 Å². The van der Waals surface area contributed by atoms with Crippen LogP contribution in [0.25, 0.3) is 0 Å². The van der Waals surface area contributed by atoms with Gasteiger partial charge in [-0.2, -0.15) is 0 Å². The molecular weight excluding hydrogens is 472 g/mol. The minimum absolute atomic E-state index is 0.243. The Bertz CT molecular complexity index is 557. The van der Waals surface area contributed by atoms with Crippen LogP contribution in [0.3, 0.4) is 0 Å². The van der Waals surface area contributed by atoms with E-state index in [9.17, 15) is 9.59 Å². The maximum Gasteiger partial charge on any atom is 0.321 e. The number of carboxylic acids is 1. The zero-order valence-electron chi connectivity index (χ0n) is 10.9. The average molecular weight is 485 g/mol. The normalized spacial score (nSPS) is 18.4. The van der Waals surface area contributed by atoms with E-state index in [0.717, 1.165) is 13.4 Å². The van der Waals surface area contributed by atoms with Crippen molar-refractivity contribution in [3.05, 3.63) is 25.6 Å². The summed E-state index contributed by atoms with van der Waals surface area (Å²) < 4.78 is 2.36. The number of nitrogens with zero attached hydrogens (tertiary/aromatic N) is 1. The number of carboxylic acid groups (broad SMARTS) is 1. The number of amides is 2. The summed E-state index contributed by atoms with van der Waals surface area (Å²) in [5, 5.41) is 11.9. The summed E-state index contributed by atoms with van der Waals surface area (Å²) in [7, 11) is 0. The van der Waals surface area contributed by atoms with Crippen molar-refractivity contribution in [2.24, 2.45) is 5.92 Å². The molecular formula is C13H13Br3N2O3. The highest BCUT2D eigenvalue weighted by Gasteiger charge is 2.28. The molecule has 1 saturated heterocycles. The second kappa shape index (κ2) is 7.11. The summed E-state index contributed by atoms with van der Waals surface area (Å²) in [5.74, 6) is -1.33. The van der Waals surface area contributed by atoms with Gasteiger partial charge in [0.1, 0.15) is 0 Å². The van der Waals surface area contributed by atoms with Gasteiger partial charge in [-0.25, -0.2) is 4.79 Å². The number of halogens is 3. The van der Waals surface area contributed by atoms with Gasteiger partial charge in [0.2, 0.25) is 0 Å². The maximum atomic E-state index is 12.3. The molecule has 1 fully saturated rings. The Morgan fingerprint density at radius 2 is 1.86 bits per heavy atom. The first-order valence-electron chi connectivity index (χ1n) is 6.31. The van der Waals surface area contributed by atoms with E-state index in [2.05, 4.69) is 53.1 Å². The van der Waals surface area contributed by atoms with Gasteiger partial charge in [-0.1, -0.05) is 15.9 Å². The Kier molecular flexibility index (Phi) is 5.67. The van der Waals surface area contributed by atoms with Gasteiger partial charge in [-0.15, -0.1) is 0 Å². The predicted octanol–water partition coefficient (Wildman–Crippen LogP) is 4.30. The van der Waals surface area contributed by atoms with Crippen LogP contribution < -0.4 is 5.32 Å².